The molecule has 1 aromatic heterocycles. The molecule has 4 rings (SSSR count). The standard InChI is InChI=1S/C21H19N5O3/c1-12-3-5-15(6-4-12)19-24-21-23-18(28)11-17(26(21)25-19)20(29)22-16-9-7-14(8-10-16)13(2)27/h3-10,17H,11H2,1-2H3,(H,22,29)(H,23,24,25,28)/t17-/m1/s1. The van der Waals surface area contributed by atoms with Crippen molar-refractivity contribution >= 4 is 29.2 Å². The average molecular weight is 389 g/mol. The van der Waals surface area contributed by atoms with Crippen LogP contribution in [0, 0.1) is 6.92 Å². The molecular weight excluding hydrogens is 370 g/mol. The van der Waals surface area contributed by atoms with Gasteiger partial charge in [0.05, 0.1) is 6.42 Å². The number of nitrogens with one attached hydrogen (secondary N) is 2. The van der Waals surface area contributed by atoms with Gasteiger partial charge in [-0.3, -0.25) is 19.7 Å². The summed E-state index contributed by atoms with van der Waals surface area (Å²) >= 11 is 0. The van der Waals surface area contributed by atoms with Crippen molar-refractivity contribution in [2.45, 2.75) is 26.3 Å². The SMILES string of the molecule is CC(=O)c1ccc(NC(=O)[C@H]2CC(=O)Nc3nc(-c4ccc(C)cc4)nn32)cc1. The van der Waals surface area contributed by atoms with E-state index in [2.05, 4.69) is 20.7 Å². The molecule has 0 unspecified atom stereocenters. The molecule has 0 saturated carbocycles. The second kappa shape index (κ2) is 7.31. The molecule has 2 aromatic carbocycles. The lowest BCUT2D eigenvalue weighted by atomic mass is 10.1. The van der Waals surface area contributed by atoms with Gasteiger partial charge in [-0.2, -0.15) is 4.98 Å². The molecule has 8 heteroatoms. The molecular formula is C21H19N5O3. The number of amides is 2. The van der Waals surface area contributed by atoms with Gasteiger partial charge >= 0.3 is 0 Å². The zero-order valence-corrected chi connectivity index (χ0v) is 16.0. The smallest absolute Gasteiger partial charge is 0.249 e. The highest BCUT2D eigenvalue weighted by molar-refractivity contribution is 6.01. The summed E-state index contributed by atoms with van der Waals surface area (Å²) in [5, 5.41) is 9.89. The highest BCUT2D eigenvalue weighted by atomic mass is 16.2. The first kappa shape index (κ1) is 18.5. The molecule has 0 saturated heterocycles. The molecule has 8 nitrogen and oxygen atoms in total. The van der Waals surface area contributed by atoms with Crippen LogP contribution in [-0.2, 0) is 9.59 Å². The quantitative estimate of drug-likeness (QED) is 0.667. The maximum atomic E-state index is 12.8. The number of hydrogen-bond acceptors (Lipinski definition) is 5. The van der Waals surface area contributed by atoms with Gasteiger partial charge < -0.3 is 5.32 Å². The van der Waals surface area contributed by atoms with E-state index in [4.69, 9.17) is 0 Å². The monoisotopic (exact) mass is 389 g/mol. The van der Waals surface area contributed by atoms with Crippen LogP contribution in [0.4, 0.5) is 11.6 Å². The van der Waals surface area contributed by atoms with Crippen molar-refractivity contribution in [1.82, 2.24) is 14.8 Å². The number of ketones is 1. The van der Waals surface area contributed by atoms with Crippen LogP contribution in [0.25, 0.3) is 11.4 Å². The molecule has 1 aliphatic rings. The maximum absolute atomic E-state index is 12.8. The topological polar surface area (TPSA) is 106 Å². The van der Waals surface area contributed by atoms with Crippen LogP contribution in [0.3, 0.4) is 0 Å². The van der Waals surface area contributed by atoms with E-state index in [0.29, 0.717) is 17.1 Å². The second-order valence-electron chi connectivity index (χ2n) is 6.96. The summed E-state index contributed by atoms with van der Waals surface area (Å²) in [4.78, 5) is 40.7. The van der Waals surface area contributed by atoms with E-state index in [1.54, 1.807) is 24.3 Å². The molecule has 1 aliphatic heterocycles. The van der Waals surface area contributed by atoms with Crippen molar-refractivity contribution in [2.75, 3.05) is 10.6 Å². The number of nitrogens with zero attached hydrogens (tertiary/aromatic N) is 3. The van der Waals surface area contributed by atoms with Gasteiger partial charge in [0, 0.05) is 16.8 Å². The Morgan fingerprint density at radius 3 is 2.45 bits per heavy atom. The van der Waals surface area contributed by atoms with Gasteiger partial charge in [0.15, 0.2) is 11.6 Å². The summed E-state index contributed by atoms with van der Waals surface area (Å²) in [7, 11) is 0. The van der Waals surface area contributed by atoms with Gasteiger partial charge in [0.2, 0.25) is 17.8 Å². The van der Waals surface area contributed by atoms with Gasteiger partial charge in [0.25, 0.3) is 0 Å². The molecule has 2 amide bonds. The Hall–Kier alpha value is -3.81. The van der Waals surface area contributed by atoms with Gasteiger partial charge in [-0.25, -0.2) is 4.68 Å². The average Bonchev–Trinajstić information content (AvgIpc) is 3.12. The molecule has 3 aromatic rings. The maximum Gasteiger partial charge on any atom is 0.249 e. The van der Waals surface area contributed by atoms with E-state index in [9.17, 15) is 14.4 Å². The van der Waals surface area contributed by atoms with Gasteiger partial charge in [0.1, 0.15) is 6.04 Å². The van der Waals surface area contributed by atoms with Crippen molar-refractivity contribution in [1.29, 1.82) is 0 Å². The van der Waals surface area contributed by atoms with E-state index in [-0.39, 0.29) is 30.0 Å². The zero-order valence-electron chi connectivity index (χ0n) is 16.0. The summed E-state index contributed by atoms with van der Waals surface area (Å²) in [6.45, 7) is 3.46. The fraction of sp³-hybridized carbons (Fsp3) is 0.190. The first-order valence-electron chi connectivity index (χ1n) is 9.16. The number of carbonyl (C=O) groups is 3. The molecule has 2 N–H and O–H groups in total. The van der Waals surface area contributed by atoms with E-state index < -0.39 is 6.04 Å². The molecule has 0 spiro atoms. The second-order valence-corrected chi connectivity index (χ2v) is 6.96. The number of anilines is 2. The van der Waals surface area contributed by atoms with Crippen molar-refractivity contribution in [2.24, 2.45) is 0 Å². The number of hydrogen-bond donors (Lipinski definition) is 2. The van der Waals surface area contributed by atoms with Crippen LogP contribution in [0.2, 0.25) is 0 Å². The number of aromatic nitrogens is 3. The largest absolute Gasteiger partial charge is 0.324 e. The minimum Gasteiger partial charge on any atom is -0.324 e. The predicted molar refractivity (Wildman–Crippen MR) is 108 cm³/mol. The Morgan fingerprint density at radius 2 is 1.79 bits per heavy atom. The summed E-state index contributed by atoms with van der Waals surface area (Å²) in [6, 6.07) is 13.4. The number of carbonyl (C=O) groups excluding carboxylic acids is 3. The first-order valence-corrected chi connectivity index (χ1v) is 9.16. The van der Waals surface area contributed by atoms with Crippen molar-refractivity contribution < 1.29 is 14.4 Å². The van der Waals surface area contributed by atoms with Gasteiger partial charge in [-0.1, -0.05) is 29.8 Å². The third-order valence-corrected chi connectivity index (χ3v) is 4.73. The lowest BCUT2D eigenvalue weighted by Gasteiger charge is -2.22. The lowest BCUT2D eigenvalue weighted by molar-refractivity contribution is -0.125. The molecule has 0 bridgehead atoms. The van der Waals surface area contributed by atoms with Crippen LogP contribution in [0.1, 0.15) is 35.3 Å². The van der Waals surface area contributed by atoms with Crippen molar-refractivity contribution in [3.05, 3.63) is 59.7 Å². The molecule has 29 heavy (non-hydrogen) atoms. The fourth-order valence-corrected chi connectivity index (χ4v) is 3.11. The highest BCUT2D eigenvalue weighted by Crippen LogP contribution is 2.27. The van der Waals surface area contributed by atoms with Gasteiger partial charge in [-0.05, 0) is 38.1 Å². The highest BCUT2D eigenvalue weighted by Gasteiger charge is 2.33. The molecule has 0 aliphatic carbocycles. The van der Waals surface area contributed by atoms with Crippen molar-refractivity contribution in [3.63, 3.8) is 0 Å². The van der Waals surface area contributed by atoms with Crippen LogP contribution in [-0.4, -0.2) is 32.4 Å². The zero-order chi connectivity index (χ0) is 20.5. The van der Waals surface area contributed by atoms with E-state index in [1.807, 2.05) is 31.2 Å². The number of Topliss-reactive ketones (excluding diaryl/α,β-unsaturated/α-hetero) is 1. The molecule has 2 heterocycles. The van der Waals surface area contributed by atoms with E-state index >= 15 is 0 Å². The number of fused-ring (bicyclic) bond motifs is 1. The Kier molecular flexibility index (Phi) is 4.67. The number of benzene rings is 2. The Balaban J connectivity index is 1.60. The summed E-state index contributed by atoms with van der Waals surface area (Å²) in [5.74, 6) is -0.0538. The van der Waals surface area contributed by atoms with Crippen LogP contribution in [0.15, 0.2) is 48.5 Å². The summed E-state index contributed by atoms with van der Waals surface area (Å²) < 4.78 is 1.44. The first-order chi connectivity index (χ1) is 13.9. The van der Waals surface area contributed by atoms with Gasteiger partial charge in [-0.15, -0.1) is 5.10 Å². The molecule has 146 valence electrons. The molecule has 1 atom stereocenters. The van der Waals surface area contributed by atoms with E-state index in [0.717, 1.165) is 11.1 Å². The molecule has 0 radical (unpaired) electrons. The number of aryl methyl sites for hydroxylation is 1. The van der Waals surface area contributed by atoms with Crippen LogP contribution < -0.4 is 10.6 Å². The minimum absolute atomic E-state index is 0.0406. The third-order valence-electron chi connectivity index (χ3n) is 4.73. The Bertz CT molecular complexity index is 1100. The minimum atomic E-state index is -0.821. The summed E-state index contributed by atoms with van der Waals surface area (Å²) in [5.41, 5.74) is 3.00. The normalized spacial score (nSPS) is 15.4. The van der Waals surface area contributed by atoms with Crippen molar-refractivity contribution in [3.8, 4) is 11.4 Å². The van der Waals surface area contributed by atoms with Crippen LogP contribution >= 0.6 is 0 Å². The molecule has 0 fully saturated rings. The number of rotatable bonds is 4. The Morgan fingerprint density at radius 1 is 1.10 bits per heavy atom. The Labute approximate surface area is 167 Å². The summed E-state index contributed by atoms with van der Waals surface area (Å²) in [6.07, 6.45) is -0.0406. The van der Waals surface area contributed by atoms with E-state index in [1.165, 1.54) is 11.6 Å². The predicted octanol–water partition coefficient (Wildman–Crippen LogP) is 2.98. The fourth-order valence-electron chi connectivity index (χ4n) is 3.11. The van der Waals surface area contributed by atoms with Crippen LogP contribution in [0.5, 0.6) is 0 Å². The lowest BCUT2D eigenvalue weighted by Crippen LogP contribution is -2.36. The third kappa shape index (κ3) is 3.77.